The van der Waals surface area contributed by atoms with E-state index >= 15 is 0 Å². The quantitative estimate of drug-likeness (QED) is 0.723. The third kappa shape index (κ3) is 5.94. The van der Waals surface area contributed by atoms with Gasteiger partial charge in [0.2, 0.25) is 17.6 Å². The van der Waals surface area contributed by atoms with E-state index in [0.29, 0.717) is 24.6 Å². The topological polar surface area (TPSA) is 80.5 Å². The Labute approximate surface area is 172 Å². The van der Waals surface area contributed by atoms with Crippen LogP contribution in [0.15, 0.2) is 28.8 Å². The Morgan fingerprint density at radius 1 is 1.29 bits per heavy atom. The Morgan fingerprint density at radius 2 is 2.00 bits per heavy atom. The van der Waals surface area contributed by atoms with Crippen molar-refractivity contribution < 1.29 is 14.1 Å². The summed E-state index contributed by atoms with van der Waals surface area (Å²) in [5.74, 6) is 2.71. The van der Waals surface area contributed by atoms with Crippen molar-refractivity contribution in [3.63, 3.8) is 0 Å². The molecule has 1 aromatic carbocycles. The van der Waals surface area contributed by atoms with E-state index in [1.165, 1.54) is 6.42 Å². The maximum absolute atomic E-state index is 12.4. The molecule has 1 fully saturated rings. The predicted molar refractivity (Wildman–Crippen MR) is 110 cm³/mol. The minimum atomic E-state index is 0. The molecule has 154 valence electrons. The third-order valence-corrected chi connectivity index (χ3v) is 5.14. The minimum absolute atomic E-state index is 0. The zero-order valence-corrected chi connectivity index (χ0v) is 17.3. The van der Waals surface area contributed by atoms with E-state index in [-0.39, 0.29) is 18.3 Å². The van der Waals surface area contributed by atoms with E-state index < -0.39 is 0 Å². The lowest BCUT2D eigenvalue weighted by atomic mass is 9.93. The van der Waals surface area contributed by atoms with Gasteiger partial charge in [0, 0.05) is 31.5 Å². The van der Waals surface area contributed by atoms with Gasteiger partial charge in [0.25, 0.3) is 0 Å². The summed E-state index contributed by atoms with van der Waals surface area (Å²) in [6.07, 6.45) is 4.26. The molecule has 2 heterocycles. The standard InChI is InChI=1S/C20H28N4O3.ClH/c1-21-12-9-15-10-13-24(14-11-15)19(25)8-7-18-22-20(23-27-18)16-3-5-17(26-2)6-4-16;/h3-6,15,21H,7-14H2,1-2H3;1H. The van der Waals surface area contributed by atoms with Crippen LogP contribution in [0.5, 0.6) is 5.75 Å². The van der Waals surface area contributed by atoms with Gasteiger partial charge in [-0.3, -0.25) is 4.79 Å². The second kappa shape index (κ2) is 11.0. The highest BCUT2D eigenvalue weighted by atomic mass is 35.5. The number of hydrogen-bond acceptors (Lipinski definition) is 6. The van der Waals surface area contributed by atoms with E-state index in [0.717, 1.165) is 49.7 Å². The SMILES string of the molecule is CNCCC1CCN(C(=O)CCc2nc(-c3ccc(OC)cc3)no2)CC1.Cl. The van der Waals surface area contributed by atoms with E-state index in [2.05, 4.69) is 15.5 Å². The van der Waals surface area contributed by atoms with Gasteiger partial charge in [-0.05, 0) is 63.0 Å². The van der Waals surface area contributed by atoms with Crippen LogP contribution in [0.3, 0.4) is 0 Å². The molecule has 1 aromatic heterocycles. The number of nitrogens with one attached hydrogen (secondary N) is 1. The molecule has 28 heavy (non-hydrogen) atoms. The number of carbonyl (C=O) groups is 1. The number of ether oxygens (including phenoxy) is 1. The molecule has 7 nitrogen and oxygen atoms in total. The van der Waals surface area contributed by atoms with Crippen molar-refractivity contribution in [3.8, 4) is 17.1 Å². The van der Waals surface area contributed by atoms with Crippen LogP contribution >= 0.6 is 12.4 Å². The highest BCUT2D eigenvalue weighted by molar-refractivity contribution is 5.85. The second-order valence-corrected chi connectivity index (χ2v) is 6.96. The number of carbonyl (C=O) groups excluding carboxylic acids is 1. The van der Waals surface area contributed by atoms with Gasteiger partial charge in [0.1, 0.15) is 5.75 Å². The van der Waals surface area contributed by atoms with Gasteiger partial charge < -0.3 is 19.5 Å². The summed E-state index contributed by atoms with van der Waals surface area (Å²) < 4.78 is 10.5. The van der Waals surface area contributed by atoms with Crippen LogP contribution in [-0.2, 0) is 11.2 Å². The van der Waals surface area contributed by atoms with Crippen molar-refractivity contribution in [2.45, 2.75) is 32.1 Å². The number of halogens is 1. The van der Waals surface area contributed by atoms with Crippen LogP contribution in [0.25, 0.3) is 11.4 Å². The van der Waals surface area contributed by atoms with Crippen molar-refractivity contribution in [1.29, 1.82) is 0 Å². The first-order valence-electron chi connectivity index (χ1n) is 9.59. The molecule has 1 amide bonds. The molecule has 0 radical (unpaired) electrons. The summed E-state index contributed by atoms with van der Waals surface area (Å²) in [6, 6.07) is 7.48. The summed E-state index contributed by atoms with van der Waals surface area (Å²) in [5, 5.41) is 7.21. The number of piperidine rings is 1. The largest absolute Gasteiger partial charge is 0.497 e. The first-order chi connectivity index (χ1) is 13.2. The van der Waals surface area contributed by atoms with Crippen LogP contribution in [0.4, 0.5) is 0 Å². The molecule has 0 atom stereocenters. The number of rotatable bonds is 8. The molecule has 0 saturated carbocycles. The van der Waals surface area contributed by atoms with Crippen molar-refractivity contribution in [1.82, 2.24) is 20.4 Å². The second-order valence-electron chi connectivity index (χ2n) is 6.96. The predicted octanol–water partition coefficient (Wildman–Crippen LogP) is 2.95. The molecular formula is C20H29ClN4O3. The molecule has 1 N–H and O–H groups in total. The Kier molecular flexibility index (Phi) is 8.73. The zero-order valence-electron chi connectivity index (χ0n) is 16.5. The van der Waals surface area contributed by atoms with Crippen LogP contribution < -0.4 is 10.1 Å². The fraction of sp³-hybridized carbons (Fsp3) is 0.550. The number of aryl methyl sites for hydroxylation is 1. The van der Waals surface area contributed by atoms with Crippen LogP contribution in [0, 0.1) is 5.92 Å². The highest BCUT2D eigenvalue weighted by Crippen LogP contribution is 2.22. The Hall–Kier alpha value is -2.12. The first-order valence-corrected chi connectivity index (χ1v) is 9.59. The van der Waals surface area contributed by atoms with Crippen LogP contribution in [-0.4, -0.2) is 54.7 Å². The van der Waals surface area contributed by atoms with E-state index in [4.69, 9.17) is 9.26 Å². The number of amides is 1. The number of aromatic nitrogens is 2. The van der Waals surface area contributed by atoms with Gasteiger partial charge >= 0.3 is 0 Å². The lowest BCUT2D eigenvalue weighted by molar-refractivity contribution is -0.132. The third-order valence-electron chi connectivity index (χ3n) is 5.14. The number of benzene rings is 1. The van der Waals surface area contributed by atoms with Crippen LogP contribution in [0.2, 0.25) is 0 Å². The molecule has 0 spiro atoms. The van der Waals surface area contributed by atoms with E-state index in [1.54, 1.807) is 7.11 Å². The molecule has 1 saturated heterocycles. The maximum atomic E-state index is 12.4. The van der Waals surface area contributed by atoms with Gasteiger partial charge in [-0.15, -0.1) is 12.4 Å². The van der Waals surface area contributed by atoms with E-state index in [1.807, 2.05) is 36.2 Å². The number of likely N-dealkylation sites (tertiary alicyclic amines) is 1. The first kappa shape index (κ1) is 22.2. The summed E-state index contributed by atoms with van der Waals surface area (Å²) in [5.41, 5.74) is 0.862. The maximum Gasteiger partial charge on any atom is 0.227 e. The summed E-state index contributed by atoms with van der Waals surface area (Å²) in [6.45, 7) is 2.76. The average molecular weight is 409 g/mol. The van der Waals surface area contributed by atoms with Gasteiger partial charge in [-0.2, -0.15) is 4.98 Å². The highest BCUT2D eigenvalue weighted by Gasteiger charge is 2.22. The fourth-order valence-electron chi connectivity index (χ4n) is 3.41. The molecule has 2 aromatic rings. The molecule has 0 bridgehead atoms. The smallest absolute Gasteiger partial charge is 0.227 e. The van der Waals surface area contributed by atoms with Gasteiger partial charge in [-0.25, -0.2) is 0 Å². The van der Waals surface area contributed by atoms with Crippen molar-refractivity contribution in [2.75, 3.05) is 33.8 Å². The Morgan fingerprint density at radius 3 is 2.64 bits per heavy atom. The van der Waals surface area contributed by atoms with Crippen molar-refractivity contribution >= 4 is 18.3 Å². The molecule has 0 unspecified atom stereocenters. The van der Waals surface area contributed by atoms with Crippen molar-refractivity contribution in [3.05, 3.63) is 30.2 Å². The molecule has 1 aliphatic heterocycles. The summed E-state index contributed by atoms with van der Waals surface area (Å²) >= 11 is 0. The summed E-state index contributed by atoms with van der Waals surface area (Å²) in [7, 11) is 3.61. The molecule has 0 aliphatic carbocycles. The average Bonchev–Trinajstić information content (AvgIpc) is 3.20. The lowest BCUT2D eigenvalue weighted by Crippen LogP contribution is -2.39. The Balaban J connectivity index is 0.00000280. The van der Waals surface area contributed by atoms with Crippen LogP contribution in [0.1, 0.15) is 31.6 Å². The lowest BCUT2D eigenvalue weighted by Gasteiger charge is -2.32. The molecule has 1 aliphatic rings. The fourth-order valence-corrected chi connectivity index (χ4v) is 3.41. The number of methoxy groups -OCH3 is 1. The van der Waals surface area contributed by atoms with Gasteiger partial charge in [0.15, 0.2) is 0 Å². The van der Waals surface area contributed by atoms with Gasteiger partial charge in [0.05, 0.1) is 7.11 Å². The molecule has 8 heteroatoms. The minimum Gasteiger partial charge on any atom is -0.497 e. The van der Waals surface area contributed by atoms with Crippen molar-refractivity contribution in [2.24, 2.45) is 5.92 Å². The summed E-state index contributed by atoms with van der Waals surface area (Å²) in [4.78, 5) is 18.8. The van der Waals surface area contributed by atoms with Gasteiger partial charge in [-0.1, -0.05) is 5.16 Å². The number of hydrogen-bond donors (Lipinski definition) is 1. The Bertz CT molecular complexity index is 727. The molecule has 3 rings (SSSR count). The number of nitrogens with zero attached hydrogens (tertiary/aromatic N) is 3. The monoisotopic (exact) mass is 408 g/mol. The zero-order chi connectivity index (χ0) is 19.1. The normalized spacial score (nSPS) is 14.6. The molecular weight excluding hydrogens is 380 g/mol. The van der Waals surface area contributed by atoms with E-state index in [9.17, 15) is 4.79 Å².